The number of ether oxygens (including phenoxy) is 1. The van der Waals surface area contributed by atoms with Crippen molar-refractivity contribution in [3.8, 4) is 0 Å². The molecule has 0 heterocycles. The van der Waals surface area contributed by atoms with E-state index in [1.54, 1.807) is 42.5 Å². The zero-order valence-corrected chi connectivity index (χ0v) is 16.4. The van der Waals surface area contributed by atoms with E-state index in [-0.39, 0.29) is 11.3 Å². The molecule has 0 unspecified atom stereocenters. The van der Waals surface area contributed by atoms with Crippen molar-refractivity contribution in [2.45, 2.75) is 19.9 Å². The molecule has 1 amide bonds. The van der Waals surface area contributed by atoms with E-state index in [0.717, 1.165) is 16.1 Å². The van der Waals surface area contributed by atoms with Gasteiger partial charge < -0.3 is 10.1 Å². The van der Waals surface area contributed by atoms with Crippen LogP contribution in [0.25, 0.3) is 0 Å². The van der Waals surface area contributed by atoms with Gasteiger partial charge in [-0.25, -0.2) is 13.2 Å². The van der Waals surface area contributed by atoms with Crippen LogP contribution < -0.4 is 9.62 Å². The number of aryl methyl sites for hydroxylation is 1. The predicted molar refractivity (Wildman–Crippen MR) is 104 cm³/mol. The molecule has 7 nitrogen and oxygen atoms in total. The van der Waals surface area contributed by atoms with E-state index < -0.39 is 27.9 Å². The van der Waals surface area contributed by atoms with Crippen LogP contribution in [0.4, 0.5) is 11.4 Å². The summed E-state index contributed by atoms with van der Waals surface area (Å²) in [6, 6.07) is 12.1. The third kappa shape index (κ3) is 4.85. The van der Waals surface area contributed by atoms with Gasteiger partial charge in [-0.1, -0.05) is 29.8 Å². The van der Waals surface area contributed by atoms with Gasteiger partial charge in [-0.15, -0.1) is 0 Å². The summed E-state index contributed by atoms with van der Waals surface area (Å²) in [6.45, 7) is 3.37. The van der Waals surface area contributed by atoms with Gasteiger partial charge in [-0.3, -0.25) is 9.10 Å². The highest BCUT2D eigenvalue weighted by Gasteiger charge is 2.29. The molecular formula is C19H22N2O5S. The molecule has 0 fully saturated rings. The molecule has 2 aromatic rings. The van der Waals surface area contributed by atoms with Crippen LogP contribution in [-0.4, -0.2) is 39.7 Å². The van der Waals surface area contributed by atoms with E-state index in [2.05, 4.69) is 5.32 Å². The highest BCUT2D eigenvalue weighted by Crippen LogP contribution is 2.23. The van der Waals surface area contributed by atoms with Gasteiger partial charge in [0.25, 0.3) is 0 Å². The topological polar surface area (TPSA) is 92.8 Å². The second kappa shape index (κ2) is 8.22. The van der Waals surface area contributed by atoms with Crippen molar-refractivity contribution >= 4 is 33.3 Å². The van der Waals surface area contributed by atoms with Gasteiger partial charge in [0.15, 0.2) is 0 Å². The maximum atomic E-state index is 12.7. The monoisotopic (exact) mass is 390 g/mol. The molecule has 8 heteroatoms. The zero-order chi connectivity index (χ0) is 20.2. The molecule has 2 aromatic carbocycles. The molecule has 144 valence electrons. The maximum absolute atomic E-state index is 12.7. The Balaban J connectivity index is 2.34. The average Bonchev–Trinajstić information content (AvgIpc) is 2.62. The molecule has 0 spiro atoms. The molecule has 0 saturated heterocycles. The SMILES string of the molecule is COC(=O)c1ccccc1NC(=O)[C@@H](C)N(c1ccc(C)cc1)S(C)(=O)=O. The van der Waals surface area contributed by atoms with Crippen LogP contribution in [-0.2, 0) is 19.6 Å². The molecule has 0 aromatic heterocycles. The number of sulfonamides is 1. The van der Waals surface area contributed by atoms with Crippen LogP contribution >= 0.6 is 0 Å². The third-order valence-electron chi connectivity index (χ3n) is 3.97. The Bertz CT molecular complexity index is 939. The maximum Gasteiger partial charge on any atom is 0.339 e. The fraction of sp³-hybridized carbons (Fsp3) is 0.263. The number of nitrogens with one attached hydrogen (secondary N) is 1. The number of methoxy groups -OCH3 is 1. The lowest BCUT2D eigenvalue weighted by Crippen LogP contribution is -2.45. The summed E-state index contributed by atoms with van der Waals surface area (Å²) in [4.78, 5) is 24.6. The van der Waals surface area contributed by atoms with Gasteiger partial charge >= 0.3 is 5.97 Å². The highest BCUT2D eigenvalue weighted by atomic mass is 32.2. The second-order valence-electron chi connectivity index (χ2n) is 6.10. The van der Waals surface area contributed by atoms with Crippen molar-refractivity contribution in [1.29, 1.82) is 0 Å². The molecule has 2 rings (SSSR count). The number of hydrogen-bond donors (Lipinski definition) is 1. The summed E-state index contributed by atoms with van der Waals surface area (Å²) < 4.78 is 30.4. The lowest BCUT2D eigenvalue weighted by molar-refractivity contribution is -0.116. The second-order valence-corrected chi connectivity index (χ2v) is 7.96. The van der Waals surface area contributed by atoms with Crippen LogP contribution in [0.1, 0.15) is 22.8 Å². The Morgan fingerprint density at radius 1 is 1.07 bits per heavy atom. The number of nitrogens with zero attached hydrogens (tertiary/aromatic N) is 1. The summed E-state index contributed by atoms with van der Waals surface area (Å²) in [5, 5.41) is 2.61. The van der Waals surface area contributed by atoms with E-state index in [0.29, 0.717) is 5.69 Å². The molecule has 1 atom stereocenters. The van der Waals surface area contributed by atoms with Crippen molar-refractivity contribution in [2.75, 3.05) is 23.0 Å². The van der Waals surface area contributed by atoms with Crippen molar-refractivity contribution in [2.24, 2.45) is 0 Å². The van der Waals surface area contributed by atoms with Gasteiger partial charge in [-0.05, 0) is 38.1 Å². The van der Waals surface area contributed by atoms with E-state index in [9.17, 15) is 18.0 Å². The lowest BCUT2D eigenvalue weighted by atomic mass is 10.1. The minimum atomic E-state index is -3.72. The Morgan fingerprint density at radius 3 is 2.22 bits per heavy atom. The molecule has 27 heavy (non-hydrogen) atoms. The van der Waals surface area contributed by atoms with E-state index in [1.165, 1.54) is 20.1 Å². The molecule has 0 radical (unpaired) electrons. The van der Waals surface area contributed by atoms with E-state index >= 15 is 0 Å². The summed E-state index contributed by atoms with van der Waals surface area (Å²) in [6.07, 6.45) is 1.04. The first kappa shape index (κ1) is 20.4. The Morgan fingerprint density at radius 2 is 1.67 bits per heavy atom. The fourth-order valence-corrected chi connectivity index (χ4v) is 3.79. The van der Waals surface area contributed by atoms with Crippen molar-refractivity contribution in [3.05, 3.63) is 59.7 Å². The number of hydrogen-bond acceptors (Lipinski definition) is 5. The Hall–Kier alpha value is -2.87. The third-order valence-corrected chi connectivity index (χ3v) is 5.21. The smallest absolute Gasteiger partial charge is 0.339 e. The summed E-state index contributed by atoms with van der Waals surface area (Å²) in [5.41, 5.74) is 1.78. The standard InChI is InChI=1S/C19H22N2O5S/c1-13-9-11-15(12-10-13)21(27(4,24)25)14(2)18(22)20-17-8-6-5-7-16(17)19(23)26-3/h5-12,14H,1-4H3,(H,20,22)/t14-/m1/s1. The number of benzene rings is 2. The molecule has 1 N–H and O–H groups in total. The van der Waals surface area contributed by atoms with Crippen LogP contribution in [0.3, 0.4) is 0 Å². The summed E-state index contributed by atoms with van der Waals surface area (Å²) >= 11 is 0. The molecule has 0 aliphatic carbocycles. The molecule has 0 bridgehead atoms. The van der Waals surface area contributed by atoms with Crippen LogP contribution in [0.2, 0.25) is 0 Å². The molecule has 0 aliphatic heterocycles. The molecule has 0 saturated carbocycles. The summed E-state index contributed by atoms with van der Waals surface area (Å²) in [7, 11) is -2.48. The van der Waals surface area contributed by atoms with E-state index in [4.69, 9.17) is 4.74 Å². The predicted octanol–water partition coefficient (Wildman–Crippen LogP) is 2.57. The van der Waals surface area contributed by atoms with Gasteiger partial charge in [0.2, 0.25) is 15.9 Å². The Labute approximate surface area is 159 Å². The van der Waals surface area contributed by atoms with Crippen LogP contribution in [0.15, 0.2) is 48.5 Å². The van der Waals surface area contributed by atoms with Gasteiger partial charge in [0.1, 0.15) is 6.04 Å². The average molecular weight is 390 g/mol. The van der Waals surface area contributed by atoms with E-state index in [1.807, 2.05) is 6.92 Å². The number of esters is 1. The number of rotatable bonds is 6. The number of para-hydroxylation sites is 1. The zero-order valence-electron chi connectivity index (χ0n) is 15.6. The first-order valence-corrected chi connectivity index (χ1v) is 10.0. The van der Waals surface area contributed by atoms with Gasteiger partial charge in [0, 0.05) is 0 Å². The number of amides is 1. The number of anilines is 2. The van der Waals surface area contributed by atoms with Crippen molar-refractivity contribution in [3.63, 3.8) is 0 Å². The molecule has 0 aliphatic rings. The first-order chi connectivity index (χ1) is 12.6. The van der Waals surface area contributed by atoms with Crippen LogP contribution in [0, 0.1) is 6.92 Å². The van der Waals surface area contributed by atoms with Crippen LogP contribution in [0.5, 0.6) is 0 Å². The highest BCUT2D eigenvalue weighted by molar-refractivity contribution is 7.92. The normalized spacial score (nSPS) is 12.1. The largest absolute Gasteiger partial charge is 0.465 e. The van der Waals surface area contributed by atoms with Crippen molar-refractivity contribution < 1.29 is 22.7 Å². The summed E-state index contributed by atoms with van der Waals surface area (Å²) in [5.74, 6) is -1.17. The lowest BCUT2D eigenvalue weighted by Gasteiger charge is -2.28. The minimum Gasteiger partial charge on any atom is -0.465 e. The Kier molecular flexibility index (Phi) is 6.22. The van der Waals surface area contributed by atoms with Gasteiger partial charge in [0.05, 0.1) is 30.3 Å². The number of carbonyl (C=O) groups is 2. The molecular weight excluding hydrogens is 368 g/mol. The fourth-order valence-electron chi connectivity index (χ4n) is 2.62. The van der Waals surface area contributed by atoms with Crippen molar-refractivity contribution in [1.82, 2.24) is 0 Å². The minimum absolute atomic E-state index is 0.182. The number of carbonyl (C=O) groups excluding carboxylic acids is 2. The quantitative estimate of drug-likeness (QED) is 0.765. The van der Waals surface area contributed by atoms with Gasteiger partial charge in [-0.2, -0.15) is 0 Å². The first-order valence-electron chi connectivity index (χ1n) is 8.19.